The van der Waals surface area contributed by atoms with Gasteiger partial charge in [0.05, 0.1) is 45.1 Å². The highest BCUT2D eigenvalue weighted by Crippen LogP contribution is 2.33. The molecule has 4 N–H and O–H groups in total. The number of carboxylic acids is 1. The maximum absolute atomic E-state index is 13.1. The highest BCUT2D eigenvalue weighted by Gasteiger charge is 2.24. The molecule has 0 aliphatic heterocycles. The third-order valence-electron chi connectivity index (χ3n) is 15.7. The van der Waals surface area contributed by atoms with Gasteiger partial charge >= 0.3 is 17.9 Å². The van der Waals surface area contributed by atoms with Crippen molar-refractivity contribution in [1.29, 1.82) is 0 Å². The number of carboxylic acid groups (broad SMARTS) is 1. The van der Waals surface area contributed by atoms with Crippen LogP contribution in [0, 0.1) is 27.7 Å². The van der Waals surface area contributed by atoms with Crippen molar-refractivity contribution >= 4 is 45.6 Å². The van der Waals surface area contributed by atoms with Crippen molar-refractivity contribution in [3.8, 4) is 45.3 Å². The van der Waals surface area contributed by atoms with Gasteiger partial charge in [-0.1, -0.05) is 91.0 Å². The number of nitrogens with two attached hydrogens (primary N) is 1. The number of ether oxygens (including phenoxy) is 6. The first kappa shape index (κ1) is 66.8. The molecule has 0 saturated heterocycles. The second-order valence-electron chi connectivity index (χ2n) is 24.1. The van der Waals surface area contributed by atoms with Crippen LogP contribution in [0.15, 0.2) is 170 Å². The van der Waals surface area contributed by atoms with Gasteiger partial charge < -0.3 is 53.7 Å². The third kappa shape index (κ3) is 16.2. The summed E-state index contributed by atoms with van der Waals surface area (Å²) in [6.07, 6.45) is 0. The number of aryl methyl sites for hydroxylation is 2. The quantitative estimate of drug-likeness (QED) is 0.0732. The highest BCUT2D eigenvalue weighted by atomic mass is 16.6. The summed E-state index contributed by atoms with van der Waals surface area (Å²) in [4.78, 5) is 50.1. The zero-order valence-corrected chi connectivity index (χ0v) is 54.5. The third-order valence-corrected chi connectivity index (χ3v) is 15.7. The van der Waals surface area contributed by atoms with E-state index >= 15 is 0 Å². The number of nitrogens with one attached hydrogen (secondary N) is 1. The van der Waals surface area contributed by atoms with Crippen molar-refractivity contribution in [2.45, 2.75) is 107 Å². The molecule has 15 heteroatoms. The van der Waals surface area contributed by atoms with Crippen molar-refractivity contribution in [3.63, 3.8) is 0 Å². The number of hydrogen-bond donors (Lipinski definition) is 3. The molecule has 0 aliphatic rings. The van der Waals surface area contributed by atoms with Crippen LogP contribution in [0.1, 0.15) is 128 Å². The lowest BCUT2D eigenvalue weighted by molar-refractivity contribution is 0.00578. The van der Waals surface area contributed by atoms with E-state index in [0.717, 1.165) is 100 Å². The SMILES string of the molecule is COc1ccc(CN)c(OC)c1.COc1ccc(CNC(=O)c2ccc3c(c2)c(C)c(C)n3Cc2ccc(-c3ccccc3C(=O)OC(C)(C)C)cc2)c(OC)c1.Cc1c(C)n(Cc2ccc(-c3ccccc3C(=O)OC(C)(C)C)cc2)c2ccc(C(=O)O)cc12. The lowest BCUT2D eigenvalue weighted by atomic mass is 9.98. The molecule has 0 fully saturated rings. The Morgan fingerprint density at radius 3 is 1.30 bits per heavy atom. The molecule has 0 unspecified atom stereocenters. The minimum Gasteiger partial charge on any atom is -0.497 e. The van der Waals surface area contributed by atoms with Gasteiger partial charge in [0.15, 0.2) is 0 Å². The smallest absolute Gasteiger partial charge is 0.339 e. The van der Waals surface area contributed by atoms with Gasteiger partial charge in [-0.15, -0.1) is 0 Å². The standard InChI is InChI=1S/C38H40N2O5.C29H29NO4.C9H13NO2/c1-24-25(2)40(23-26-12-14-27(15-13-26)31-10-8-9-11-32(31)37(42)45-38(3,4)5)34-19-17-28(20-33(24)34)36(41)39-22-29-16-18-30(43-6)21-35(29)44-7;1-18-19(2)30(26-15-14-22(27(31)32)16-25(18)26)17-20-10-12-21(13-11-20)23-8-6-7-9-24(23)28(33)34-29(3,4)5;1-11-8-4-3-7(6-10)9(5-8)12-2/h8-21H,22-23H2,1-7H3,(H,39,41);6-16H,17H2,1-5H3,(H,31,32);3-5H,6,10H2,1-2H3. The molecule has 0 spiro atoms. The lowest BCUT2D eigenvalue weighted by Crippen LogP contribution is -2.24. The molecule has 1 amide bonds. The van der Waals surface area contributed by atoms with Crippen molar-refractivity contribution in [1.82, 2.24) is 14.5 Å². The molecule has 2 aromatic heterocycles. The number of carbonyl (C=O) groups is 4. The molecule has 0 bridgehead atoms. The van der Waals surface area contributed by atoms with Gasteiger partial charge in [-0.2, -0.15) is 0 Å². The first-order valence-corrected chi connectivity index (χ1v) is 30.0. The van der Waals surface area contributed by atoms with Crippen LogP contribution in [-0.4, -0.2) is 77.7 Å². The van der Waals surface area contributed by atoms with E-state index in [-0.39, 0.29) is 17.8 Å². The zero-order valence-electron chi connectivity index (χ0n) is 54.5. The van der Waals surface area contributed by atoms with E-state index in [4.69, 9.17) is 34.2 Å². The number of methoxy groups -OCH3 is 4. The van der Waals surface area contributed by atoms with E-state index in [1.807, 2.05) is 164 Å². The van der Waals surface area contributed by atoms with Crippen molar-refractivity contribution < 1.29 is 52.7 Å². The largest absolute Gasteiger partial charge is 0.497 e. The minimum absolute atomic E-state index is 0.151. The van der Waals surface area contributed by atoms with Crippen LogP contribution in [-0.2, 0) is 35.7 Å². The molecule has 0 aliphatic carbocycles. The molecular weight excluding hydrogens is 1140 g/mol. The summed E-state index contributed by atoms with van der Waals surface area (Å²) < 4.78 is 36.6. The summed E-state index contributed by atoms with van der Waals surface area (Å²) in [5, 5.41) is 14.4. The second-order valence-corrected chi connectivity index (χ2v) is 24.1. The van der Waals surface area contributed by atoms with Gasteiger partial charge in [0.25, 0.3) is 5.91 Å². The van der Waals surface area contributed by atoms with E-state index in [9.17, 15) is 24.3 Å². The fourth-order valence-electron chi connectivity index (χ4n) is 10.7. The van der Waals surface area contributed by atoms with E-state index in [1.54, 1.807) is 58.8 Å². The summed E-state index contributed by atoms with van der Waals surface area (Å²) in [6.45, 7) is 21.6. The minimum atomic E-state index is -0.922. The van der Waals surface area contributed by atoms with Gasteiger partial charge in [-0.25, -0.2) is 14.4 Å². The first-order valence-electron chi connectivity index (χ1n) is 30.0. The molecular formula is C76H82N4O11. The summed E-state index contributed by atoms with van der Waals surface area (Å²) in [7, 11) is 6.45. The number of amides is 1. The Morgan fingerprint density at radius 2 is 0.890 bits per heavy atom. The number of benzene rings is 8. The number of aromatic nitrogens is 2. The number of rotatable bonds is 17. The first-order chi connectivity index (χ1) is 43.3. The van der Waals surface area contributed by atoms with Gasteiger partial charge in [-0.3, -0.25) is 4.79 Å². The number of nitrogens with zero attached hydrogens (tertiary/aromatic N) is 2. The normalized spacial score (nSPS) is 11.2. The molecule has 91 heavy (non-hydrogen) atoms. The number of carbonyl (C=O) groups excluding carboxylic acids is 3. The van der Waals surface area contributed by atoms with E-state index in [2.05, 4.69) is 59.5 Å². The summed E-state index contributed by atoms with van der Waals surface area (Å²) in [6, 6.07) is 53.7. The summed E-state index contributed by atoms with van der Waals surface area (Å²) in [5.41, 5.74) is 20.6. The fourth-order valence-corrected chi connectivity index (χ4v) is 10.7. The van der Waals surface area contributed by atoms with Crippen LogP contribution >= 0.6 is 0 Å². The number of aromatic carboxylic acids is 1. The van der Waals surface area contributed by atoms with Crippen molar-refractivity contribution in [3.05, 3.63) is 237 Å². The maximum atomic E-state index is 13.1. The Kier molecular flexibility index (Phi) is 21.3. The van der Waals surface area contributed by atoms with Crippen LogP contribution < -0.4 is 30.0 Å². The number of esters is 2. The average Bonchev–Trinajstić information content (AvgIpc) is 1.65. The topological polar surface area (TPSA) is 192 Å². The van der Waals surface area contributed by atoms with Gasteiger partial charge in [0, 0.05) is 88.2 Å². The number of fused-ring (bicyclic) bond motifs is 2. The second kappa shape index (κ2) is 29.0. The molecule has 10 aromatic rings. The van der Waals surface area contributed by atoms with Crippen LogP contribution in [0.4, 0.5) is 0 Å². The average molecular weight is 1230 g/mol. The fraction of sp³-hybridized carbons (Fsp3) is 0.263. The predicted octanol–water partition coefficient (Wildman–Crippen LogP) is 15.7. The maximum Gasteiger partial charge on any atom is 0.339 e. The monoisotopic (exact) mass is 1230 g/mol. The Morgan fingerprint density at radius 1 is 0.484 bits per heavy atom. The molecule has 0 radical (unpaired) electrons. The molecule has 15 nitrogen and oxygen atoms in total. The van der Waals surface area contributed by atoms with E-state index in [1.165, 1.54) is 0 Å². The van der Waals surface area contributed by atoms with Gasteiger partial charge in [0.1, 0.15) is 34.2 Å². The Labute approximate surface area is 533 Å². The van der Waals surface area contributed by atoms with Crippen molar-refractivity contribution in [2.75, 3.05) is 28.4 Å². The Balaban J connectivity index is 0.000000203. The molecule has 0 atom stereocenters. The van der Waals surface area contributed by atoms with Crippen LogP contribution in [0.2, 0.25) is 0 Å². The van der Waals surface area contributed by atoms with Crippen LogP contribution in [0.5, 0.6) is 23.0 Å². The van der Waals surface area contributed by atoms with Crippen molar-refractivity contribution in [2.24, 2.45) is 5.73 Å². The molecule has 2 heterocycles. The zero-order chi connectivity index (χ0) is 65.9. The van der Waals surface area contributed by atoms with E-state index in [0.29, 0.717) is 59.9 Å². The van der Waals surface area contributed by atoms with Gasteiger partial charge in [-0.05, 0) is 180 Å². The van der Waals surface area contributed by atoms with E-state index < -0.39 is 17.2 Å². The Bertz CT molecular complexity index is 4260. The molecule has 8 aromatic carbocycles. The molecule has 472 valence electrons. The highest BCUT2D eigenvalue weighted by molar-refractivity contribution is 6.00. The lowest BCUT2D eigenvalue weighted by Gasteiger charge is -2.20. The summed E-state index contributed by atoms with van der Waals surface area (Å²) in [5.74, 6) is 1.17. The van der Waals surface area contributed by atoms with Crippen LogP contribution in [0.3, 0.4) is 0 Å². The molecule has 0 saturated carbocycles. The van der Waals surface area contributed by atoms with Crippen LogP contribution in [0.25, 0.3) is 44.1 Å². The van der Waals surface area contributed by atoms with Gasteiger partial charge in [0.2, 0.25) is 0 Å². The predicted molar refractivity (Wildman–Crippen MR) is 360 cm³/mol. The Hall–Kier alpha value is -10.1. The summed E-state index contributed by atoms with van der Waals surface area (Å²) >= 11 is 0. The number of hydrogen-bond acceptors (Lipinski definition) is 11. The molecule has 10 rings (SSSR count).